The number of hydrogen-bond acceptors (Lipinski definition) is 5. The van der Waals surface area contributed by atoms with Gasteiger partial charge in [-0.1, -0.05) is 61.5 Å². The molecular formula is C25H27N5. The third-order valence-corrected chi connectivity index (χ3v) is 5.65. The van der Waals surface area contributed by atoms with Crippen molar-refractivity contribution >= 4 is 11.5 Å². The van der Waals surface area contributed by atoms with Crippen LogP contribution in [0.2, 0.25) is 0 Å². The number of anilines is 2. The van der Waals surface area contributed by atoms with Crippen LogP contribution in [0.4, 0.5) is 11.5 Å². The standard InChI is InChI=1S/C25H27N5/c1-18(21-10-5-7-19(15-21)12-13-26)16-29-24(20-8-3-2-4-9-20)23-17-28-22-11-6-14-27-25(22)30-23/h2-11,14-15,18,23-24,28-29H,12,16-17H2,1H3,(H,27,30)/t18-,23-,24-/m1/s1. The summed E-state index contributed by atoms with van der Waals surface area (Å²) in [5.74, 6) is 1.23. The highest BCUT2D eigenvalue weighted by atomic mass is 15.2. The van der Waals surface area contributed by atoms with Crippen LogP contribution in [0.15, 0.2) is 72.9 Å². The Hall–Kier alpha value is -3.36. The fourth-order valence-electron chi connectivity index (χ4n) is 3.99. The predicted octanol–water partition coefficient (Wildman–Crippen LogP) is 4.49. The normalized spacial score (nSPS) is 17.0. The first-order chi connectivity index (χ1) is 14.7. The van der Waals surface area contributed by atoms with Crippen molar-refractivity contribution in [3.8, 4) is 6.07 Å². The molecule has 152 valence electrons. The molecule has 2 heterocycles. The molecule has 3 N–H and O–H groups in total. The third-order valence-electron chi connectivity index (χ3n) is 5.65. The number of rotatable bonds is 7. The van der Waals surface area contributed by atoms with Crippen molar-refractivity contribution in [2.75, 3.05) is 23.7 Å². The number of nitriles is 1. The highest BCUT2D eigenvalue weighted by molar-refractivity contribution is 5.67. The van der Waals surface area contributed by atoms with Gasteiger partial charge in [0.05, 0.1) is 30.3 Å². The van der Waals surface area contributed by atoms with Gasteiger partial charge in [-0.2, -0.15) is 5.26 Å². The van der Waals surface area contributed by atoms with E-state index in [0.717, 1.165) is 30.2 Å². The van der Waals surface area contributed by atoms with Gasteiger partial charge in [0.25, 0.3) is 0 Å². The fourth-order valence-corrected chi connectivity index (χ4v) is 3.99. The van der Waals surface area contributed by atoms with Gasteiger partial charge in [0, 0.05) is 19.3 Å². The maximum absolute atomic E-state index is 8.99. The molecule has 4 rings (SSSR count). The quantitative estimate of drug-likeness (QED) is 0.548. The molecule has 1 aromatic heterocycles. The van der Waals surface area contributed by atoms with Gasteiger partial charge in [0.2, 0.25) is 0 Å². The molecule has 0 saturated heterocycles. The second-order valence-electron chi connectivity index (χ2n) is 7.81. The lowest BCUT2D eigenvalue weighted by molar-refractivity contribution is 0.453. The Bertz CT molecular complexity index is 1010. The van der Waals surface area contributed by atoms with E-state index in [1.165, 1.54) is 11.1 Å². The number of nitrogens with zero attached hydrogens (tertiary/aromatic N) is 2. The minimum Gasteiger partial charge on any atom is -0.380 e. The van der Waals surface area contributed by atoms with E-state index >= 15 is 0 Å². The van der Waals surface area contributed by atoms with Gasteiger partial charge in [-0.3, -0.25) is 0 Å². The lowest BCUT2D eigenvalue weighted by Gasteiger charge is -2.35. The van der Waals surface area contributed by atoms with E-state index in [4.69, 9.17) is 5.26 Å². The molecule has 5 nitrogen and oxygen atoms in total. The molecule has 1 aliphatic heterocycles. The second-order valence-corrected chi connectivity index (χ2v) is 7.81. The average Bonchev–Trinajstić information content (AvgIpc) is 2.80. The largest absolute Gasteiger partial charge is 0.380 e. The molecule has 1 aliphatic rings. The summed E-state index contributed by atoms with van der Waals surface area (Å²) in [7, 11) is 0. The van der Waals surface area contributed by atoms with Crippen molar-refractivity contribution < 1.29 is 0 Å². The summed E-state index contributed by atoms with van der Waals surface area (Å²) in [4.78, 5) is 4.49. The van der Waals surface area contributed by atoms with E-state index in [1.807, 2.05) is 36.5 Å². The van der Waals surface area contributed by atoms with E-state index in [1.54, 1.807) is 0 Å². The minimum absolute atomic E-state index is 0.138. The van der Waals surface area contributed by atoms with Gasteiger partial charge < -0.3 is 16.0 Å². The highest BCUT2D eigenvalue weighted by Gasteiger charge is 2.27. The summed E-state index contributed by atoms with van der Waals surface area (Å²) in [6, 6.07) is 25.5. The van der Waals surface area contributed by atoms with Crippen LogP contribution < -0.4 is 16.0 Å². The zero-order chi connectivity index (χ0) is 20.8. The monoisotopic (exact) mass is 397 g/mol. The van der Waals surface area contributed by atoms with Crippen LogP contribution in [0.1, 0.15) is 35.6 Å². The Morgan fingerprint density at radius 3 is 2.77 bits per heavy atom. The molecule has 0 unspecified atom stereocenters. The van der Waals surface area contributed by atoms with Gasteiger partial charge in [0.15, 0.2) is 0 Å². The van der Waals surface area contributed by atoms with Crippen molar-refractivity contribution in [2.24, 2.45) is 0 Å². The summed E-state index contributed by atoms with van der Waals surface area (Å²) < 4.78 is 0. The zero-order valence-electron chi connectivity index (χ0n) is 17.2. The van der Waals surface area contributed by atoms with Crippen LogP contribution >= 0.6 is 0 Å². The molecule has 0 aliphatic carbocycles. The van der Waals surface area contributed by atoms with E-state index in [9.17, 15) is 0 Å². The van der Waals surface area contributed by atoms with Gasteiger partial charge >= 0.3 is 0 Å². The number of fused-ring (bicyclic) bond motifs is 1. The lowest BCUT2D eigenvalue weighted by Crippen LogP contribution is -2.45. The summed E-state index contributed by atoms with van der Waals surface area (Å²) in [6.45, 7) is 3.88. The Kier molecular flexibility index (Phi) is 6.26. The van der Waals surface area contributed by atoms with Gasteiger partial charge in [-0.25, -0.2) is 4.98 Å². The molecule has 0 fully saturated rings. The molecule has 0 radical (unpaired) electrons. The summed E-state index contributed by atoms with van der Waals surface area (Å²) >= 11 is 0. The Labute approximate surface area is 178 Å². The van der Waals surface area contributed by atoms with Gasteiger partial charge in [0.1, 0.15) is 5.82 Å². The van der Waals surface area contributed by atoms with E-state index in [2.05, 4.69) is 70.3 Å². The molecule has 0 saturated carbocycles. The predicted molar refractivity (Wildman–Crippen MR) is 121 cm³/mol. The van der Waals surface area contributed by atoms with Crippen LogP contribution in [0.3, 0.4) is 0 Å². The van der Waals surface area contributed by atoms with Crippen LogP contribution in [-0.4, -0.2) is 24.1 Å². The SMILES string of the molecule is C[C@H](CN[C@H](c1ccccc1)[C@H]1CNc2cccnc2N1)c1cccc(CC#N)c1. The lowest BCUT2D eigenvalue weighted by atomic mass is 9.94. The Balaban J connectivity index is 1.50. The number of nitrogens with one attached hydrogen (secondary N) is 3. The molecule has 0 spiro atoms. The molecule has 2 aromatic carbocycles. The first-order valence-corrected chi connectivity index (χ1v) is 10.4. The van der Waals surface area contributed by atoms with Crippen molar-refractivity contribution in [1.29, 1.82) is 5.26 Å². The van der Waals surface area contributed by atoms with Crippen molar-refractivity contribution in [3.05, 3.63) is 89.6 Å². The maximum Gasteiger partial charge on any atom is 0.149 e. The molecular weight excluding hydrogens is 370 g/mol. The Morgan fingerprint density at radius 2 is 1.93 bits per heavy atom. The minimum atomic E-state index is 0.138. The summed E-state index contributed by atoms with van der Waals surface area (Å²) in [5.41, 5.74) is 4.62. The zero-order valence-corrected chi connectivity index (χ0v) is 17.2. The third kappa shape index (κ3) is 4.61. The van der Waals surface area contributed by atoms with E-state index in [-0.39, 0.29) is 12.1 Å². The smallest absolute Gasteiger partial charge is 0.149 e. The molecule has 3 aromatic rings. The maximum atomic E-state index is 8.99. The van der Waals surface area contributed by atoms with Crippen LogP contribution in [0.25, 0.3) is 0 Å². The molecule has 0 amide bonds. The first-order valence-electron chi connectivity index (χ1n) is 10.4. The second kappa shape index (κ2) is 9.43. The van der Waals surface area contributed by atoms with E-state index < -0.39 is 0 Å². The van der Waals surface area contributed by atoms with Crippen molar-refractivity contribution in [1.82, 2.24) is 10.3 Å². The molecule has 3 atom stereocenters. The summed E-state index contributed by atoms with van der Waals surface area (Å²) in [5, 5.41) is 19.9. The number of hydrogen-bond donors (Lipinski definition) is 3. The van der Waals surface area contributed by atoms with Gasteiger partial charge in [-0.05, 0) is 34.7 Å². The molecule has 5 heteroatoms. The number of benzene rings is 2. The first kappa shape index (κ1) is 19.9. The van der Waals surface area contributed by atoms with E-state index in [0.29, 0.717) is 12.3 Å². The average molecular weight is 398 g/mol. The fraction of sp³-hybridized carbons (Fsp3) is 0.280. The van der Waals surface area contributed by atoms with Crippen LogP contribution in [0, 0.1) is 11.3 Å². The van der Waals surface area contributed by atoms with Crippen molar-refractivity contribution in [3.63, 3.8) is 0 Å². The van der Waals surface area contributed by atoms with Crippen molar-refractivity contribution in [2.45, 2.75) is 31.3 Å². The summed E-state index contributed by atoms with van der Waals surface area (Å²) in [6.07, 6.45) is 2.27. The number of aromatic nitrogens is 1. The number of pyridine rings is 1. The van der Waals surface area contributed by atoms with Crippen LogP contribution in [-0.2, 0) is 6.42 Å². The molecule has 30 heavy (non-hydrogen) atoms. The highest BCUT2D eigenvalue weighted by Crippen LogP contribution is 2.29. The Morgan fingerprint density at radius 1 is 1.10 bits per heavy atom. The van der Waals surface area contributed by atoms with Crippen LogP contribution in [0.5, 0.6) is 0 Å². The molecule has 0 bridgehead atoms. The topological polar surface area (TPSA) is 72.8 Å². The van der Waals surface area contributed by atoms with Gasteiger partial charge in [-0.15, -0.1) is 0 Å².